The maximum absolute atomic E-state index is 10.9. The van der Waals surface area contributed by atoms with Crippen LogP contribution >= 0.6 is 0 Å². The van der Waals surface area contributed by atoms with E-state index in [1.54, 1.807) is 0 Å². The van der Waals surface area contributed by atoms with Gasteiger partial charge in [0, 0.05) is 0 Å². The number of hydrogen-bond donors (Lipinski definition) is 1. The van der Waals surface area contributed by atoms with E-state index in [0.717, 1.165) is 12.8 Å². The van der Waals surface area contributed by atoms with Crippen LogP contribution in [0.3, 0.4) is 0 Å². The third-order valence-electron chi connectivity index (χ3n) is 2.58. The molecule has 1 atom stereocenters. The fourth-order valence-electron chi connectivity index (χ4n) is 1.53. The van der Waals surface area contributed by atoms with Gasteiger partial charge < -0.3 is 9.84 Å². The first-order chi connectivity index (χ1) is 7.68. The van der Waals surface area contributed by atoms with E-state index in [0.29, 0.717) is 6.61 Å². The molecule has 0 bridgehead atoms. The van der Waals surface area contributed by atoms with Crippen LogP contribution in [0.4, 0.5) is 0 Å². The second kappa shape index (κ2) is 14.5. The fourth-order valence-corrected chi connectivity index (χ4v) is 1.53. The zero-order valence-electron chi connectivity index (χ0n) is 10.7. The normalized spacial score (nSPS) is 11.7. The third-order valence-corrected chi connectivity index (χ3v) is 2.58. The van der Waals surface area contributed by atoms with Crippen LogP contribution in [0, 0.1) is 0 Å². The van der Waals surface area contributed by atoms with E-state index in [9.17, 15) is 4.79 Å². The molecule has 0 saturated heterocycles. The van der Waals surface area contributed by atoms with Crippen molar-refractivity contribution in [3.63, 3.8) is 0 Å². The van der Waals surface area contributed by atoms with Crippen LogP contribution in [0.1, 0.15) is 65.2 Å². The molecule has 0 spiro atoms. The molecule has 0 saturated carbocycles. The van der Waals surface area contributed by atoms with Crippen molar-refractivity contribution in [2.75, 3.05) is 6.61 Å². The average Bonchev–Trinajstić information content (AvgIpc) is 2.26. The van der Waals surface area contributed by atoms with Crippen LogP contribution in [-0.2, 0) is 9.53 Å². The molecule has 0 radical (unpaired) electrons. The van der Waals surface area contributed by atoms with Gasteiger partial charge in [-0.25, -0.2) is 4.79 Å². The Hall–Kier alpha value is 0.430. The van der Waals surface area contributed by atoms with Gasteiger partial charge in [0.05, 0.1) is 6.61 Å². The van der Waals surface area contributed by atoms with Crippen molar-refractivity contribution in [3.05, 3.63) is 0 Å². The predicted octanol–water partition coefficient (Wildman–Crippen LogP) is 2.40. The summed E-state index contributed by atoms with van der Waals surface area (Å²) >= 11 is 0. The Morgan fingerprint density at radius 1 is 1.06 bits per heavy atom. The molecule has 0 rings (SSSR count). The van der Waals surface area contributed by atoms with Gasteiger partial charge in [-0.3, -0.25) is 0 Å². The summed E-state index contributed by atoms with van der Waals surface area (Å²) in [7, 11) is 0. The van der Waals surface area contributed by atoms with Gasteiger partial charge in [0.2, 0.25) is 0 Å². The first-order valence-electron chi connectivity index (χ1n) is 6.53. The standard InChI is InChI=1S/C13H26O3.Na.H/c1-3-4-5-6-7-8-9-10-11-16-13(15)12(2)14;;/h12,14H,3-11H2,1-2H3;;. The van der Waals surface area contributed by atoms with Crippen molar-refractivity contribution < 1.29 is 14.6 Å². The van der Waals surface area contributed by atoms with Gasteiger partial charge in [0.1, 0.15) is 6.10 Å². The Bertz CT molecular complexity index is 172. The summed E-state index contributed by atoms with van der Waals surface area (Å²) in [5.74, 6) is -0.511. The van der Waals surface area contributed by atoms with Gasteiger partial charge in [0.25, 0.3) is 0 Å². The van der Waals surface area contributed by atoms with Crippen LogP contribution < -0.4 is 0 Å². The Morgan fingerprint density at radius 2 is 1.53 bits per heavy atom. The summed E-state index contributed by atoms with van der Waals surface area (Å²) < 4.78 is 4.86. The molecule has 0 amide bonds. The molecule has 0 aliphatic heterocycles. The van der Waals surface area contributed by atoms with Gasteiger partial charge in [-0.1, -0.05) is 51.9 Å². The van der Waals surface area contributed by atoms with Gasteiger partial charge in [-0.2, -0.15) is 0 Å². The van der Waals surface area contributed by atoms with E-state index in [1.165, 1.54) is 45.4 Å². The van der Waals surface area contributed by atoms with E-state index in [2.05, 4.69) is 6.92 Å². The molecule has 4 heteroatoms. The summed E-state index contributed by atoms with van der Waals surface area (Å²) in [6.45, 7) is 4.09. The maximum atomic E-state index is 10.9. The summed E-state index contributed by atoms with van der Waals surface area (Å²) in [5, 5.41) is 8.87. The summed E-state index contributed by atoms with van der Waals surface area (Å²) in [6.07, 6.45) is 8.82. The van der Waals surface area contributed by atoms with E-state index >= 15 is 0 Å². The Kier molecular flexibility index (Phi) is 16.8. The summed E-state index contributed by atoms with van der Waals surface area (Å²) in [5.41, 5.74) is 0. The molecule has 0 aromatic heterocycles. The summed E-state index contributed by atoms with van der Waals surface area (Å²) in [6, 6.07) is 0. The number of esters is 1. The van der Waals surface area contributed by atoms with Crippen LogP contribution in [0.15, 0.2) is 0 Å². The van der Waals surface area contributed by atoms with Gasteiger partial charge in [-0.15, -0.1) is 0 Å². The quantitative estimate of drug-likeness (QED) is 0.370. The molecule has 0 aliphatic carbocycles. The molecule has 0 fully saturated rings. The van der Waals surface area contributed by atoms with Gasteiger partial charge >= 0.3 is 35.5 Å². The van der Waals surface area contributed by atoms with Crippen LogP contribution in [0.5, 0.6) is 0 Å². The second-order valence-electron chi connectivity index (χ2n) is 4.32. The minimum atomic E-state index is -0.992. The first-order valence-corrected chi connectivity index (χ1v) is 6.53. The zero-order chi connectivity index (χ0) is 12.2. The Labute approximate surface area is 128 Å². The van der Waals surface area contributed by atoms with Crippen LogP contribution in [0.2, 0.25) is 0 Å². The number of carbonyl (C=O) groups excluding carboxylic acids is 1. The van der Waals surface area contributed by atoms with E-state index in [-0.39, 0.29) is 29.6 Å². The van der Waals surface area contributed by atoms with E-state index < -0.39 is 12.1 Å². The topological polar surface area (TPSA) is 46.5 Å². The predicted molar refractivity (Wildman–Crippen MR) is 72.4 cm³/mol. The molecule has 1 N–H and O–H groups in total. The fraction of sp³-hybridized carbons (Fsp3) is 0.923. The number of carbonyl (C=O) groups is 1. The van der Waals surface area contributed by atoms with Gasteiger partial charge in [0.15, 0.2) is 0 Å². The second-order valence-corrected chi connectivity index (χ2v) is 4.32. The number of unbranched alkanes of at least 4 members (excludes halogenated alkanes) is 7. The molecule has 0 aliphatic rings. The van der Waals surface area contributed by atoms with Crippen LogP contribution in [0.25, 0.3) is 0 Å². The first kappa shape index (κ1) is 19.8. The number of rotatable bonds is 10. The van der Waals surface area contributed by atoms with Crippen molar-refractivity contribution in [2.45, 2.75) is 71.3 Å². The molecule has 17 heavy (non-hydrogen) atoms. The number of ether oxygens (including phenoxy) is 1. The molecular formula is C13H27NaO3. The molecule has 0 aromatic rings. The number of hydrogen-bond acceptors (Lipinski definition) is 3. The monoisotopic (exact) mass is 254 g/mol. The van der Waals surface area contributed by atoms with Crippen molar-refractivity contribution in [2.24, 2.45) is 0 Å². The zero-order valence-corrected chi connectivity index (χ0v) is 10.7. The third kappa shape index (κ3) is 14.4. The molecule has 0 aromatic carbocycles. The SMILES string of the molecule is CCCCCCCCCCOC(=O)C(C)O.[NaH]. The molecule has 1 unspecified atom stereocenters. The Balaban J connectivity index is 0. The number of aliphatic hydroxyl groups excluding tert-OH is 1. The van der Waals surface area contributed by atoms with E-state index in [4.69, 9.17) is 9.84 Å². The molecule has 3 nitrogen and oxygen atoms in total. The van der Waals surface area contributed by atoms with Crippen LogP contribution in [-0.4, -0.2) is 53.3 Å². The molecule has 0 heterocycles. The van der Waals surface area contributed by atoms with E-state index in [1.807, 2.05) is 0 Å². The number of aliphatic hydroxyl groups is 1. The summed E-state index contributed by atoms with van der Waals surface area (Å²) in [4.78, 5) is 10.9. The molecule has 98 valence electrons. The average molecular weight is 254 g/mol. The molecular weight excluding hydrogens is 227 g/mol. The van der Waals surface area contributed by atoms with Gasteiger partial charge in [-0.05, 0) is 13.3 Å². The van der Waals surface area contributed by atoms with Crippen molar-refractivity contribution >= 4 is 35.5 Å². The van der Waals surface area contributed by atoms with Crippen molar-refractivity contribution in [3.8, 4) is 0 Å². The minimum absolute atomic E-state index is 0. The van der Waals surface area contributed by atoms with Crippen molar-refractivity contribution in [1.29, 1.82) is 0 Å². The van der Waals surface area contributed by atoms with Crippen molar-refractivity contribution in [1.82, 2.24) is 0 Å². The Morgan fingerprint density at radius 3 is 2.00 bits per heavy atom.